The minimum Gasteiger partial charge on any atom is -0.383 e. The van der Waals surface area contributed by atoms with Gasteiger partial charge in [0.15, 0.2) is 0 Å². The number of likely N-dealkylation sites (tertiary alicyclic amines) is 1. The number of pyridine rings is 1. The lowest BCUT2D eigenvalue weighted by molar-refractivity contribution is 0.0633. The standard InChI is InChI=1S/C24H37N3O4/c1-18-10-8-9-13-27(18)24(30)21-17-26(14-15-31-2)16-20(22(21)28)23(29)25-19-11-6-4-3-5-7-12-19/h16-19H,3-15H2,1-2H3,(H,25,29)/t18-/m0/s1. The van der Waals surface area contributed by atoms with Crippen molar-refractivity contribution in [1.29, 1.82) is 0 Å². The van der Waals surface area contributed by atoms with Gasteiger partial charge in [-0.3, -0.25) is 14.4 Å². The van der Waals surface area contributed by atoms with Crippen LogP contribution in [0, 0.1) is 0 Å². The van der Waals surface area contributed by atoms with Gasteiger partial charge in [-0.1, -0.05) is 32.1 Å². The first kappa shape index (κ1) is 23.5. The van der Waals surface area contributed by atoms with Crippen molar-refractivity contribution in [2.24, 2.45) is 0 Å². The van der Waals surface area contributed by atoms with Crippen LogP contribution in [0.3, 0.4) is 0 Å². The molecule has 1 atom stereocenters. The number of carbonyl (C=O) groups is 2. The minimum absolute atomic E-state index is 0.0497. The predicted octanol–water partition coefficient (Wildman–Crippen LogP) is 3.35. The Morgan fingerprint density at radius 3 is 2.32 bits per heavy atom. The fourth-order valence-corrected chi connectivity index (χ4v) is 4.69. The molecule has 31 heavy (non-hydrogen) atoms. The molecular weight excluding hydrogens is 394 g/mol. The van der Waals surface area contributed by atoms with Crippen LogP contribution < -0.4 is 10.7 Å². The van der Waals surface area contributed by atoms with Crippen molar-refractivity contribution >= 4 is 11.8 Å². The van der Waals surface area contributed by atoms with E-state index in [2.05, 4.69) is 5.32 Å². The maximum absolute atomic E-state index is 13.3. The van der Waals surface area contributed by atoms with Crippen molar-refractivity contribution in [3.8, 4) is 0 Å². The van der Waals surface area contributed by atoms with E-state index in [0.717, 1.165) is 44.9 Å². The number of nitrogens with zero attached hydrogens (tertiary/aromatic N) is 2. The summed E-state index contributed by atoms with van der Waals surface area (Å²) in [5.74, 6) is -0.646. The van der Waals surface area contributed by atoms with Gasteiger partial charge >= 0.3 is 0 Å². The van der Waals surface area contributed by atoms with Gasteiger partial charge in [-0.2, -0.15) is 0 Å². The summed E-state index contributed by atoms with van der Waals surface area (Å²) >= 11 is 0. The van der Waals surface area contributed by atoms with Crippen LogP contribution in [0.4, 0.5) is 0 Å². The number of ether oxygens (including phenoxy) is 1. The van der Waals surface area contributed by atoms with Gasteiger partial charge in [-0.05, 0) is 39.0 Å². The second kappa shape index (κ2) is 11.5. The molecule has 0 radical (unpaired) electrons. The molecule has 0 aromatic carbocycles. The smallest absolute Gasteiger partial charge is 0.259 e. The van der Waals surface area contributed by atoms with E-state index in [0.29, 0.717) is 19.7 Å². The molecule has 1 aromatic heterocycles. The summed E-state index contributed by atoms with van der Waals surface area (Å²) in [6.45, 7) is 3.57. The zero-order chi connectivity index (χ0) is 22.2. The number of hydrogen-bond donors (Lipinski definition) is 1. The van der Waals surface area contributed by atoms with Crippen LogP contribution in [-0.4, -0.2) is 53.6 Å². The highest BCUT2D eigenvalue weighted by Gasteiger charge is 2.28. The van der Waals surface area contributed by atoms with Crippen LogP contribution in [0.15, 0.2) is 17.2 Å². The van der Waals surface area contributed by atoms with Gasteiger partial charge in [0, 0.05) is 44.7 Å². The number of hydrogen-bond acceptors (Lipinski definition) is 4. The SMILES string of the molecule is COCCn1cc(C(=O)NC2CCCCCCC2)c(=O)c(C(=O)N2CCCC[C@@H]2C)c1. The third-order valence-corrected chi connectivity index (χ3v) is 6.61. The molecule has 0 spiro atoms. The van der Waals surface area contributed by atoms with Crippen molar-refractivity contribution in [1.82, 2.24) is 14.8 Å². The number of nitrogens with one attached hydrogen (secondary N) is 1. The highest BCUT2D eigenvalue weighted by molar-refractivity contribution is 5.99. The van der Waals surface area contributed by atoms with Crippen LogP contribution in [0.1, 0.15) is 91.8 Å². The van der Waals surface area contributed by atoms with Gasteiger partial charge in [0.2, 0.25) is 5.43 Å². The number of amides is 2. The van der Waals surface area contributed by atoms with Crippen molar-refractivity contribution in [3.05, 3.63) is 33.7 Å². The normalized spacial score (nSPS) is 20.7. The molecule has 7 nitrogen and oxygen atoms in total. The van der Waals surface area contributed by atoms with Crippen molar-refractivity contribution in [2.45, 2.75) is 89.8 Å². The fraction of sp³-hybridized carbons (Fsp3) is 0.708. The summed E-state index contributed by atoms with van der Waals surface area (Å²) in [7, 11) is 1.60. The van der Waals surface area contributed by atoms with Gasteiger partial charge in [0.25, 0.3) is 11.8 Å². The molecule has 1 N–H and O–H groups in total. The molecule has 7 heteroatoms. The first-order chi connectivity index (χ1) is 15.0. The number of carbonyl (C=O) groups excluding carboxylic acids is 2. The summed E-state index contributed by atoms with van der Waals surface area (Å²) in [5.41, 5.74) is -0.344. The average Bonchev–Trinajstić information content (AvgIpc) is 2.74. The topological polar surface area (TPSA) is 80.6 Å². The first-order valence-corrected chi connectivity index (χ1v) is 11.9. The van der Waals surface area contributed by atoms with Crippen molar-refractivity contribution in [3.63, 3.8) is 0 Å². The van der Waals surface area contributed by atoms with Crippen LogP contribution in [0.25, 0.3) is 0 Å². The second-order valence-corrected chi connectivity index (χ2v) is 9.00. The Labute approximate surface area is 185 Å². The van der Waals surface area contributed by atoms with Gasteiger partial charge in [0.1, 0.15) is 11.1 Å². The first-order valence-electron chi connectivity index (χ1n) is 11.9. The molecular formula is C24H37N3O4. The Hall–Kier alpha value is -2.15. The molecule has 2 aliphatic rings. The highest BCUT2D eigenvalue weighted by Crippen LogP contribution is 2.19. The summed E-state index contributed by atoms with van der Waals surface area (Å²) in [4.78, 5) is 41.4. The Morgan fingerprint density at radius 1 is 1.00 bits per heavy atom. The van der Waals surface area contributed by atoms with Crippen LogP contribution in [-0.2, 0) is 11.3 Å². The molecule has 172 valence electrons. The molecule has 1 saturated heterocycles. The third kappa shape index (κ3) is 6.19. The predicted molar refractivity (Wildman–Crippen MR) is 121 cm³/mol. The van der Waals surface area contributed by atoms with Crippen molar-refractivity contribution < 1.29 is 14.3 Å². The average molecular weight is 432 g/mol. The number of methoxy groups -OCH3 is 1. The molecule has 2 amide bonds. The summed E-state index contributed by atoms with van der Waals surface area (Å²) in [6, 6.07) is 0.182. The zero-order valence-electron chi connectivity index (χ0n) is 19.0. The van der Waals surface area contributed by atoms with Crippen LogP contribution >= 0.6 is 0 Å². The minimum atomic E-state index is -0.472. The van der Waals surface area contributed by atoms with E-state index in [4.69, 9.17) is 4.74 Å². The van der Waals surface area contributed by atoms with E-state index < -0.39 is 5.43 Å². The van der Waals surface area contributed by atoms with E-state index in [1.165, 1.54) is 19.3 Å². The Kier molecular flexibility index (Phi) is 8.69. The van der Waals surface area contributed by atoms with Gasteiger partial charge < -0.3 is 19.5 Å². The highest BCUT2D eigenvalue weighted by atomic mass is 16.5. The van der Waals surface area contributed by atoms with Gasteiger partial charge in [-0.25, -0.2) is 0 Å². The molecule has 2 fully saturated rings. The number of piperidine rings is 1. The molecule has 1 aliphatic carbocycles. The molecule has 1 aliphatic heterocycles. The number of aromatic nitrogens is 1. The quantitative estimate of drug-likeness (QED) is 0.749. The van der Waals surface area contributed by atoms with E-state index in [1.807, 2.05) is 6.92 Å². The molecule has 1 aromatic rings. The van der Waals surface area contributed by atoms with Gasteiger partial charge in [-0.15, -0.1) is 0 Å². The molecule has 0 bridgehead atoms. The van der Waals surface area contributed by atoms with Crippen LogP contribution in [0.2, 0.25) is 0 Å². The monoisotopic (exact) mass is 431 g/mol. The lowest BCUT2D eigenvalue weighted by Crippen LogP contribution is -2.45. The van der Waals surface area contributed by atoms with Crippen LogP contribution in [0.5, 0.6) is 0 Å². The van der Waals surface area contributed by atoms with E-state index in [1.54, 1.807) is 29.0 Å². The Morgan fingerprint density at radius 2 is 1.65 bits per heavy atom. The molecule has 2 heterocycles. The molecule has 1 saturated carbocycles. The maximum atomic E-state index is 13.3. The van der Waals surface area contributed by atoms with Crippen molar-refractivity contribution in [2.75, 3.05) is 20.3 Å². The van der Waals surface area contributed by atoms with E-state index in [-0.39, 0.29) is 35.0 Å². The third-order valence-electron chi connectivity index (χ3n) is 6.61. The zero-order valence-corrected chi connectivity index (χ0v) is 19.0. The largest absolute Gasteiger partial charge is 0.383 e. The summed E-state index contributed by atoms with van der Waals surface area (Å²) in [5, 5.41) is 3.07. The van der Waals surface area contributed by atoms with E-state index in [9.17, 15) is 14.4 Å². The van der Waals surface area contributed by atoms with E-state index >= 15 is 0 Å². The second-order valence-electron chi connectivity index (χ2n) is 9.00. The lowest BCUT2D eigenvalue weighted by atomic mass is 9.96. The fourth-order valence-electron chi connectivity index (χ4n) is 4.69. The summed E-state index contributed by atoms with van der Waals surface area (Å²) in [6.07, 6.45) is 13.8. The maximum Gasteiger partial charge on any atom is 0.259 e. The lowest BCUT2D eigenvalue weighted by Gasteiger charge is -2.33. The number of rotatable bonds is 6. The summed E-state index contributed by atoms with van der Waals surface area (Å²) < 4.78 is 6.90. The molecule has 0 unspecified atom stereocenters. The van der Waals surface area contributed by atoms with Gasteiger partial charge in [0.05, 0.1) is 6.61 Å². The molecule has 3 rings (SSSR count). The Bertz CT molecular complexity index is 812. The Balaban J connectivity index is 1.87.